The number of rotatable bonds is 2. The minimum Gasteiger partial charge on any atom is -0.459 e. The summed E-state index contributed by atoms with van der Waals surface area (Å²) in [7, 11) is 0. The molecule has 0 spiro atoms. The van der Waals surface area contributed by atoms with E-state index in [1.54, 1.807) is 25.3 Å². The number of nitrogens with zero attached hydrogens (tertiary/aromatic N) is 1. The van der Waals surface area contributed by atoms with Gasteiger partial charge in [0.25, 0.3) is 0 Å². The maximum Gasteiger partial charge on any atom is 0.339 e. The average Bonchev–Trinajstić information content (AvgIpc) is 2.05. The Morgan fingerprint density at radius 1 is 1.75 bits per heavy atom. The fourth-order valence-electron chi connectivity index (χ4n) is 0.734. The number of hydrogen-bond acceptors (Lipinski definition) is 3. The summed E-state index contributed by atoms with van der Waals surface area (Å²) in [5.74, 6) is -0.384. The Morgan fingerprint density at radius 2 is 2.50 bits per heavy atom. The summed E-state index contributed by atoms with van der Waals surface area (Å²) in [6.45, 7) is 5.24. The maximum absolute atomic E-state index is 11.2. The van der Waals surface area contributed by atoms with E-state index in [0.29, 0.717) is 5.56 Å². The van der Waals surface area contributed by atoms with Crippen molar-refractivity contribution in [2.45, 2.75) is 13.0 Å². The highest BCUT2D eigenvalue weighted by Crippen LogP contribution is 2.00. The largest absolute Gasteiger partial charge is 0.459 e. The van der Waals surface area contributed by atoms with E-state index in [9.17, 15) is 4.79 Å². The van der Waals surface area contributed by atoms with Crippen LogP contribution in [-0.4, -0.2) is 17.1 Å². The SMILES string of the molecule is [CH2]C(C)OC(=O)c1cccnc1. The maximum atomic E-state index is 11.2. The van der Waals surface area contributed by atoms with E-state index in [4.69, 9.17) is 4.74 Å². The van der Waals surface area contributed by atoms with Gasteiger partial charge in [-0.05, 0) is 26.0 Å². The number of hydrogen-bond donors (Lipinski definition) is 0. The summed E-state index contributed by atoms with van der Waals surface area (Å²) in [4.78, 5) is 14.9. The number of ether oxygens (including phenoxy) is 1. The van der Waals surface area contributed by atoms with Gasteiger partial charge >= 0.3 is 5.97 Å². The fourth-order valence-corrected chi connectivity index (χ4v) is 0.734. The van der Waals surface area contributed by atoms with Gasteiger partial charge in [0.15, 0.2) is 0 Å². The molecule has 0 fully saturated rings. The minimum atomic E-state index is -0.384. The number of carbonyl (C=O) groups excluding carboxylic acids is 1. The number of esters is 1. The molecule has 1 aromatic rings. The molecule has 0 N–H and O–H groups in total. The van der Waals surface area contributed by atoms with Crippen molar-refractivity contribution in [1.82, 2.24) is 4.98 Å². The van der Waals surface area contributed by atoms with Crippen molar-refractivity contribution in [1.29, 1.82) is 0 Å². The summed E-state index contributed by atoms with van der Waals surface area (Å²) >= 11 is 0. The van der Waals surface area contributed by atoms with Gasteiger partial charge in [0.1, 0.15) is 0 Å². The van der Waals surface area contributed by atoms with Crippen LogP contribution in [0.5, 0.6) is 0 Å². The van der Waals surface area contributed by atoms with Crippen LogP contribution >= 0.6 is 0 Å². The third-order valence-electron chi connectivity index (χ3n) is 1.21. The van der Waals surface area contributed by atoms with Crippen LogP contribution in [-0.2, 0) is 4.74 Å². The van der Waals surface area contributed by atoms with Crippen LogP contribution in [0.3, 0.4) is 0 Å². The average molecular weight is 164 g/mol. The van der Waals surface area contributed by atoms with E-state index < -0.39 is 0 Å². The molecule has 0 aromatic carbocycles. The van der Waals surface area contributed by atoms with Gasteiger partial charge in [0.05, 0.1) is 11.7 Å². The van der Waals surface area contributed by atoms with E-state index in [1.165, 1.54) is 6.20 Å². The highest BCUT2D eigenvalue weighted by molar-refractivity contribution is 5.89. The predicted molar refractivity (Wildman–Crippen MR) is 44.5 cm³/mol. The van der Waals surface area contributed by atoms with Crippen LogP contribution in [0.15, 0.2) is 24.5 Å². The minimum absolute atomic E-state index is 0.335. The topological polar surface area (TPSA) is 39.2 Å². The second kappa shape index (κ2) is 3.85. The predicted octanol–water partition coefficient (Wildman–Crippen LogP) is 1.46. The molecule has 0 bridgehead atoms. The first-order valence-electron chi connectivity index (χ1n) is 3.64. The number of aromatic nitrogens is 1. The van der Waals surface area contributed by atoms with Gasteiger partial charge < -0.3 is 4.74 Å². The lowest BCUT2D eigenvalue weighted by Gasteiger charge is -2.06. The van der Waals surface area contributed by atoms with Gasteiger partial charge in [-0.25, -0.2) is 4.79 Å². The van der Waals surface area contributed by atoms with Crippen LogP contribution in [0.1, 0.15) is 17.3 Å². The van der Waals surface area contributed by atoms with Crippen LogP contribution < -0.4 is 0 Å². The molecular weight excluding hydrogens is 154 g/mol. The first-order chi connectivity index (χ1) is 5.70. The summed E-state index contributed by atoms with van der Waals surface area (Å²) in [6, 6.07) is 3.34. The second-order valence-electron chi connectivity index (χ2n) is 2.46. The van der Waals surface area contributed by atoms with Gasteiger partial charge in [-0.15, -0.1) is 0 Å². The van der Waals surface area contributed by atoms with Crippen LogP contribution in [0.25, 0.3) is 0 Å². The molecule has 0 saturated carbocycles. The number of carbonyl (C=O) groups is 1. The van der Waals surface area contributed by atoms with E-state index >= 15 is 0 Å². The van der Waals surface area contributed by atoms with Gasteiger partial charge in [0, 0.05) is 12.4 Å². The highest BCUT2D eigenvalue weighted by Gasteiger charge is 2.07. The van der Waals surface area contributed by atoms with E-state index in [2.05, 4.69) is 11.9 Å². The smallest absolute Gasteiger partial charge is 0.339 e. The van der Waals surface area contributed by atoms with E-state index in [0.717, 1.165) is 0 Å². The summed E-state index contributed by atoms with van der Waals surface area (Å²) in [6.07, 6.45) is 2.73. The molecule has 12 heavy (non-hydrogen) atoms. The third kappa shape index (κ3) is 2.34. The van der Waals surface area contributed by atoms with E-state index in [-0.39, 0.29) is 12.1 Å². The fraction of sp³-hybridized carbons (Fsp3) is 0.222. The normalized spacial score (nSPS) is 9.92. The summed E-state index contributed by atoms with van der Waals surface area (Å²) < 4.78 is 4.85. The van der Waals surface area contributed by atoms with Crippen molar-refractivity contribution >= 4 is 5.97 Å². The summed E-state index contributed by atoms with van der Waals surface area (Å²) in [5.41, 5.74) is 0.452. The van der Waals surface area contributed by atoms with Crippen LogP contribution in [0.4, 0.5) is 0 Å². The molecule has 1 rings (SSSR count). The zero-order valence-corrected chi connectivity index (χ0v) is 6.86. The van der Waals surface area contributed by atoms with Crippen molar-refractivity contribution in [3.05, 3.63) is 37.0 Å². The molecule has 1 unspecified atom stereocenters. The highest BCUT2D eigenvalue weighted by atomic mass is 16.5. The molecule has 1 aromatic heterocycles. The Balaban J connectivity index is 2.66. The van der Waals surface area contributed by atoms with Crippen molar-refractivity contribution in [2.75, 3.05) is 0 Å². The van der Waals surface area contributed by atoms with Crippen molar-refractivity contribution in [3.8, 4) is 0 Å². The molecule has 0 aliphatic carbocycles. The Bertz CT molecular complexity index is 256. The van der Waals surface area contributed by atoms with Gasteiger partial charge in [-0.2, -0.15) is 0 Å². The Kier molecular flexibility index (Phi) is 2.80. The Morgan fingerprint density at radius 3 is 3.00 bits per heavy atom. The third-order valence-corrected chi connectivity index (χ3v) is 1.21. The molecule has 0 aliphatic rings. The van der Waals surface area contributed by atoms with Crippen LogP contribution in [0.2, 0.25) is 0 Å². The van der Waals surface area contributed by atoms with Crippen molar-refractivity contribution in [3.63, 3.8) is 0 Å². The molecule has 0 amide bonds. The summed E-state index contributed by atoms with van der Waals surface area (Å²) in [5, 5.41) is 0. The Hall–Kier alpha value is -1.38. The molecule has 3 heteroatoms. The lowest BCUT2D eigenvalue weighted by Crippen LogP contribution is -2.11. The molecular formula is C9H10NO2. The monoisotopic (exact) mass is 164 g/mol. The second-order valence-corrected chi connectivity index (χ2v) is 2.46. The molecule has 3 nitrogen and oxygen atoms in total. The molecule has 1 radical (unpaired) electrons. The zero-order chi connectivity index (χ0) is 8.97. The standard InChI is InChI=1S/C9H10NO2/c1-7(2)12-9(11)8-4-3-5-10-6-8/h3-7H,1H2,2H3. The molecule has 0 saturated heterocycles. The van der Waals surface area contributed by atoms with Gasteiger partial charge in [-0.1, -0.05) is 0 Å². The molecule has 1 atom stereocenters. The number of pyridine rings is 1. The van der Waals surface area contributed by atoms with Crippen molar-refractivity contribution in [2.24, 2.45) is 0 Å². The van der Waals surface area contributed by atoms with Crippen LogP contribution in [0, 0.1) is 6.92 Å². The van der Waals surface area contributed by atoms with Crippen molar-refractivity contribution < 1.29 is 9.53 Å². The quantitative estimate of drug-likeness (QED) is 0.621. The lowest BCUT2D eigenvalue weighted by atomic mass is 10.3. The lowest BCUT2D eigenvalue weighted by molar-refractivity contribution is 0.0420. The van der Waals surface area contributed by atoms with Gasteiger partial charge in [-0.3, -0.25) is 4.98 Å². The molecule has 63 valence electrons. The zero-order valence-electron chi connectivity index (χ0n) is 6.86. The molecule has 0 aliphatic heterocycles. The van der Waals surface area contributed by atoms with E-state index in [1.807, 2.05) is 0 Å². The first kappa shape index (κ1) is 8.71. The Labute approximate surface area is 71.4 Å². The first-order valence-corrected chi connectivity index (χ1v) is 3.64. The molecule has 1 heterocycles. The van der Waals surface area contributed by atoms with Gasteiger partial charge in [0.2, 0.25) is 0 Å².